The summed E-state index contributed by atoms with van der Waals surface area (Å²) in [6, 6.07) is 12.8. The van der Waals surface area contributed by atoms with Crippen LogP contribution in [0.4, 0.5) is 8.78 Å². The second kappa shape index (κ2) is 9.81. The third-order valence-corrected chi connectivity index (χ3v) is 6.02. The van der Waals surface area contributed by atoms with Gasteiger partial charge in [-0.2, -0.15) is 0 Å². The number of hydrogen-bond acceptors (Lipinski definition) is 3. The van der Waals surface area contributed by atoms with Crippen molar-refractivity contribution in [3.05, 3.63) is 108 Å². The lowest BCUT2D eigenvalue weighted by atomic mass is 9.85. The number of halogens is 2. The predicted octanol–water partition coefficient (Wildman–Crippen LogP) is 4.76. The summed E-state index contributed by atoms with van der Waals surface area (Å²) in [6.45, 7) is 0.600. The zero-order valence-electron chi connectivity index (χ0n) is 17.7. The highest BCUT2D eigenvalue weighted by Crippen LogP contribution is 2.59. The van der Waals surface area contributed by atoms with E-state index in [4.69, 9.17) is 0 Å². The van der Waals surface area contributed by atoms with E-state index >= 15 is 0 Å². The van der Waals surface area contributed by atoms with E-state index in [0.717, 1.165) is 42.4 Å². The van der Waals surface area contributed by atoms with Crippen molar-refractivity contribution in [3.63, 3.8) is 0 Å². The van der Waals surface area contributed by atoms with E-state index in [1.165, 1.54) is 30.6 Å². The molecule has 1 fully saturated rings. The first-order chi connectivity index (χ1) is 15.6. The number of rotatable bonds is 9. The predicted molar refractivity (Wildman–Crippen MR) is 119 cm³/mol. The van der Waals surface area contributed by atoms with E-state index in [1.807, 2.05) is 6.08 Å². The fraction of sp³-hybridized carbons (Fsp3) is 0.269. The number of amides is 1. The minimum absolute atomic E-state index is 0.0854. The van der Waals surface area contributed by atoms with Crippen LogP contribution in [0.3, 0.4) is 0 Å². The molecule has 1 aromatic heterocycles. The number of carbonyl (C=O) groups excluding carboxylic acids is 1. The maximum atomic E-state index is 13.4. The Bertz CT molecular complexity index is 1020. The Morgan fingerprint density at radius 2 is 1.56 bits per heavy atom. The minimum atomic E-state index is -0.365. The van der Waals surface area contributed by atoms with Gasteiger partial charge < -0.3 is 5.32 Å². The number of nitrogens with zero attached hydrogens (tertiary/aromatic N) is 2. The van der Waals surface area contributed by atoms with Gasteiger partial charge in [0.15, 0.2) is 0 Å². The maximum Gasteiger partial charge on any atom is 0.243 e. The average Bonchev–Trinajstić information content (AvgIpc) is 3.54. The number of unbranched alkanes of at least 4 members (excludes halogenated alkanes) is 1. The van der Waals surface area contributed by atoms with Gasteiger partial charge in [-0.1, -0.05) is 30.3 Å². The fourth-order valence-electron chi connectivity index (χ4n) is 4.23. The Morgan fingerprint density at radius 1 is 0.969 bits per heavy atom. The zero-order valence-corrected chi connectivity index (χ0v) is 17.7. The monoisotopic (exact) mass is 433 g/mol. The summed E-state index contributed by atoms with van der Waals surface area (Å²) < 4.78 is 26.9. The maximum absolute atomic E-state index is 13.4. The van der Waals surface area contributed by atoms with Crippen LogP contribution in [0.1, 0.15) is 36.0 Å². The lowest BCUT2D eigenvalue weighted by Gasteiger charge is -2.18. The lowest BCUT2D eigenvalue weighted by molar-refractivity contribution is -0.116. The van der Waals surface area contributed by atoms with Gasteiger partial charge in [0.1, 0.15) is 18.0 Å². The first kappa shape index (κ1) is 21.8. The van der Waals surface area contributed by atoms with Crippen LogP contribution in [0.2, 0.25) is 0 Å². The molecule has 4 nitrogen and oxygen atoms in total. The molecule has 1 atom stereocenters. The first-order valence-corrected chi connectivity index (χ1v) is 10.8. The van der Waals surface area contributed by atoms with Gasteiger partial charge in [0.25, 0.3) is 0 Å². The highest BCUT2D eigenvalue weighted by molar-refractivity contribution is 5.87. The molecule has 0 saturated heterocycles. The van der Waals surface area contributed by atoms with E-state index < -0.39 is 0 Å². The summed E-state index contributed by atoms with van der Waals surface area (Å²) in [6.07, 6.45) is 12.1. The van der Waals surface area contributed by atoms with Gasteiger partial charge in [-0.15, -0.1) is 0 Å². The van der Waals surface area contributed by atoms with E-state index in [1.54, 1.807) is 42.7 Å². The Morgan fingerprint density at radius 3 is 2.16 bits per heavy atom. The molecule has 1 aliphatic carbocycles. The van der Waals surface area contributed by atoms with Gasteiger partial charge in [-0.3, -0.25) is 4.79 Å². The van der Waals surface area contributed by atoms with Gasteiger partial charge in [0, 0.05) is 24.4 Å². The number of benzene rings is 2. The molecule has 164 valence electrons. The molecular weight excluding hydrogens is 408 g/mol. The number of carbonyl (C=O) groups is 1. The van der Waals surface area contributed by atoms with Crippen molar-refractivity contribution in [2.75, 3.05) is 6.54 Å². The second-order valence-corrected chi connectivity index (χ2v) is 8.15. The topological polar surface area (TPSA) is 54.9 Å². The number of hydrogen-bond donors (Lipinski definition) is 1. The highest BCUT2D eigenvalue weighted by Gasteiger charge is 2.55. The van der Waals surface area contributed by atoms with Gasteiger partial charge in [0.2, 0.25) is 5.91 Å². The summed E-state index contributed by atoms with van der Waals surface area (Å²) in [4.78, 5) is 20.3. The minimum Gasteiger partial charge on any atom is -0.353 e. The first-order valence-electron chi connectivity index (χ1n) is 10.8. The van der Waals surface area contributed by atoms with Crippen molar-refractivity contribution >= 4 is 5.91 Å². The molecule has 1 saturated carbocycles. The molecule has 0 radical (unpaired) electrons. The van der Waals surface area contributed by atoms with Crippen LogP contribution in [-0.4, -0.2) is 22.4 Å². The molecule has 6 heteroatoms. The summed E-state index contributed by atoms with van der Waals surface area (Å²) in [5.41, 5.74) is 2.65. The van der Waals surface area contributed by atoms with Crippen LogP contribution in [0.5, 0.6) is 0 Å². The Hall–Kier alpha value is -3.41. The third-order valence-electron chi connectivity index (χ3n) is 6.02. The summed E-state index contributed by atoms with van der Waals surface area (Å²) >= 11 is 0. The summed E-state index contributed by atoms with van der Waals surface area (Å²) in [5, 5.41) is 2.92. The van der Waals surface area contributed by atoms with Crippen LogP contribution in [0, 0.1) is 17.6 Å². The molecule has 0 unspecified atom stereocenters. The standard InChI is InChI=1S/C26H25F2N3O/c27-23-9-4-20(5-10-23)26(21-6-11-24(28)12-7-21)15-22(26)8-13-25(32)31-14-2-1-3-19-16-29-18-30-17-19/h4-13,16-18,22H,1-3,14-15H2,(H,31,32)/t22-/m1/s1. The Labute approximate surface area is 186 Å². The number of aryl methyl sites for hydroxylation is 1. The van der Waals surface area contributed by atoms with Crippen LogP contribution < -0.4 is 5.32 Å². The second-order valence-electron chi connectivity index (χ2n) is 8.15. The normalized spacial score (nSPS) is 16.8. The van der Waals surface area contributed by atoms with Crippen LogP contribution >= 0.6 is 0 Å². The molecule has 1 heterocycles. The Kier molecular flexibility index (Phi) is 6.69. The molecule has 2 aromatic carbocycles. The van der Waals surface area contributed by atoms with Crippen molar-refractivity contribution in [2.45, 2.75) is 31.1 Å². The van der Waals surface area contributed by atoms with Crippen LogP contribution in [-0.2, 0) is 16.6 Å². The third kappa shape index (κ3) is 5.07. The number of allylic oxidation sites excluding steroid dienone is 1. The summed E-state index contributed by atoms with van der Waals surface area (Å²) in [5.74, 6) is -0.640. The molecule has 3 aromatic rings. The zero-order chi connectivity index (χ0) is 22.4. The highest BCUT2D eigenvalue weighted by atomic mass is 19.1. The van der Waals surface area contributed by atoms with Crippen molar-refractivity contribution in [1.29, 1.82) is 0 Å². The number of aromatic nitrogens is 2. The van der Waals surface area contributed by atoms with E-state index in [9.17, 15) is 13.6 Å². The van der Waals surface area contributed by atoms with Crippen molar-refractivity contribution in [1.82, 2.24) is 15.3 Å². The van der Waals surface area contributed by atoms with Crippen LogP contribution in [0.15, 0.2) is 79.4 Å². The van der Waals surface area contributed by atoms with Gasteiger partial charge in [0.05, 0.1) is 0 Å². The molecule has 0 bridgehead atoms. The molecule has 4 rings (SSSR count). The average molecular weight is 434 g/mol. The molecular formula is C26H25F2N3O. The van der Waals surface area contributed by atoms with Crippen molar-refractivity contribution in [3.8, 4) is 0 Å². The molecule has 0 aliphatic heterocycles. The van der Waals surface area contributed by atoms with E-state index in [2.05, 4.69) is 15.3 Å². The molecule has 1 N–H and O–H groups in total. The van der Waals surface area contributed by atoms with Crippen molar-refractivity contribution in [2.24, 2.45) is 5.92 Å². The molecule has 32 heavy (non-hydrogen) atoms. The van der Waals surface area contributed by atoms with Gasteiger partial charge in [-0.25, -0.2) is 18.7 Å². The smallest absolute Gasteiger partial charge is 0.243 e. The van der Waals surface area contributed by atoms with Gasteiger partial charge in [-0.05, 0) is 78.6 Å². The van der Waals surface area contributed by atoms with Crippen molar-refractivity contribution < 1.29 is 13.6 Å². The van der Waals surface area contributed by atoms with E-state index in [0.29, 0.717) is 6.54 Å². The largest absolute Gasteiger partial charge is 0.353 e. The Balaban J connectivity index is 1.33. The summed E-state index contributed by atoms with van der Waals surface area (Å²) in [7, 11) is 0. The fourth-order valence-corrected chi connectivity index (χ4v) is 4.23. The molecule has 1 amide bonds. The van der Waals surface area contributed by atoms with E-state index in [-0.39, 0.29) is 28.9 Å². The molecule has 0 spiro atoms. The quantitative estimate of drug-likeness (QED) is 0.391. The SMILES string of the molecule is O=C(C=C[C@@H]1CC1(c1ccc(F)cc1)c1ccc(F)cc1)NCCCCc1cncnc1. The molecule has 1 aliphatic rings. The van der Waals surface area contributed by atoms with Gasteiger partial charge >= 0.3 is 0 Å². The lowest BCUT2D eigenvalue weighted by Crippen LogP contribution is -2.22. The van der Waals surface area contributed by atoms with Crippen LogP contribution in [0.25, 0.3) is 0 Å². The number of nitrogens with one attached hydrogen (secondary N) is 1.